The average molecular weight is 540 g/mol. The molecule has 0 unspecified atom stereocenters. The largest absolute Gasteiger partial charge is 0.381 e. The molecule has 2 aliphatic rings. The molecule has 0 atom stereocenters. The lowest BCUT2D eigenvalue weighted by Crippen LogP contribution is -2.37. The fourth-order valence-corrected chi connectivity index (χ4v) is 3.95. The summed E-state index contributed by atoms with van der Waals surface area (Å²) in [6.45, 7) is 9.14. The molecular formula is C23H46IN3O3. The number of aliphatic imine (C=N–C) groups is 1. The minimum atomic E-state index is 0. The standard InChI is InChI=1S/C23H45N3O3.HI/c1-2-24-23(26-15-9-16-28-20-21-12-18-27-19-13-21)25-14-7-4-8-17-29-22-10-5-3-6-11-22;/h21-22H,2-20H2,1H3,(H2,24,25,26);1H. The molecule has 2 N–H and O–H groups in total. The molecule has 0 spiro atoms. The summed E-state index contributed by atoms with van der Waals surface area (Å²) in [6, 6.07) is 0. The summed E-state index contributed by atoms with van der Waals surface area (Å²) >= 11 is 0. The predicted octanol–water partition coefficient (Wildman–Crippen LogP) is 4.51. The molecule has 7 heteroatoms. The van der Waals surface area contributed by atoms with Crippen molar-refractivity contribution < 1.29 is 14.2 Å². The van der Waals surface area contributed by atoms with Gasteiger partial charge >= 0.3 is 0 Å². The molecule has 1 saturated carbocycles. The lowest BCUT2D eigenvalue weighted by atomic mass is 9.98. The van der Waals surface area contributed by atoms with E-state index in [0.29, 0.717) is 12.0 Å². The molecule has 30 heavy (non-hydrogen) atoms. The summed E-state index contributed by atoms with van der Waals surface area (Å²) in [6.07, 6.45) is 13.9. The van der Waals surface area contributed by atoms with E-state index in [9.17, 15) is 0 Å². The van der Waals surface area contributed by atoms with E-state index in [1.54, 1.807) is 0 Å². The zero-order valence-corrected chi connectivity index (χ0v) is 21.5. The molecule has 2 rings (SSSR count). The monoisotopic (exact) mass is 539 g/mol. The molecular weight excluding hydrogens is 493 g/mol. The molecule has 1 aliphatic heterocycles. The third-order valence-corrected chi connectivity index (χ3v) is 5.77. The zero-order chi connectivity index (χ0) is 20.4. The van der Waals surface area contributed by atoms with Crippen LogP contribution >= 0.6 is 24.0 Å². The van der Waals surface area contributed by atoms with E-state index in [4.69, 9.17) is 14.2 Å². The third kappa shape index (κ3) is 14.0. The Morgan fingerprint density at radius 1 is 0.933 bits per heavy atom. The second-order valence-corrected chi connectivity index (χ2v) is 8.36. The van der Waals surface area contributed by atoms with E-state index in [1.165, 1.54) is 38.5 Å². The van der Waals surface area contributed by atoms with Crippen LogP contribution in [0.25, 0.3) is 0 Å². The lowest BCUT2D eigenvalue weighted by molar-refractivity contribution is 0.0205. The fourth-order valence-electron chi connectivity index (χ4n) is 3.95. The van der Waals surface area contributed by atoms with Gasteiger partial charge in [-0.1, -0.05) is 19.3 Å². The number of hydrogen-bond acceptors (Lipinski definition) is 4. The third-order valence-electron chi connectivity index (χ3n) is 5.77. The minimum absolute atomic E-state index is 0. The normalized spacial score (nSPS) is 18.8. The van der Waals surface area contributed by atoms with Crippen LogP contribution in [0.2, 0.25) is 0 Å². The van der Waals surface area contributed by atoms with Crippen molar-refractivity contribution in [2.24, 2.45) is 10.9 Å². The van der Waals surface area contributed by atoms with E-state index >= 15 is 0 Å². The van der Waals surface area contributed by atoms with Crippen molar-refractivity contribution in [3.63, 3.8) is 0 Å². The summed E-state index contributed by atoms with van der Waals surface area (Å²) in [5, 5.41) is 6.78. The molecule has 0 aromatic rings. The van der Waals surface area contributed by atoms with E-state index in [-0.39, 0.29) is 24.0 Å². The molecule has 0 aromatic heterocycles. The van der Waals surface area contributed by atoms with Gasteiger partial charge in [0, 0.05) is 52.7 Å². The Labute approximate surface area is 201 Å². The minimum Gasteiger partial charge on any atom is -0.381 e. The summed E-state index contributed by atoms with van der Waals surface area (Å²) in [5.41, 5.74) is 0. The van der Waals surface area contributed by atoms with Crippen LogP contribution in [0.4, 0.5) is 0 Å². The van der Waals surface area contributed by atoms with Crippen LogP contribution in [-0.2, 0) is 14.2 Å². The fraction of sp³-hybridized carbons (Fsp3) is 0.957. The van der Waals surface area contributed by atoms with Crippen molar-refractivity contribution in [2.75, 3.05) is 52.7 Å². The first-order chi connectivity index (χ1) is 14.4. The summed E-state index contributed by atoms with van der Waals surface area (Å²) in [5.74, 6) is 1.61. The second-order valence-electron chi connectivity index (χ2n) is 8.36. The van der Waals surface area contributed by atoms with Crippen molar-refractivity contribution in [2.45, 2.75) is 83.7 Å². The van der Waals surface area contributed by atoms with Gasteiger partial charge in [0.25, 0.3) is 0 Å². The van der Waals surface area contributed by atoms with Crippen LogP contribution in [0.1, 0.15) is 77.6 Å². The lowest BCUT2D eigenvalue weighted by Gasteiger charge is -2.21. The second kappa shape index (κ2) is 19.6. The van der Waals surface area contributed by atoms with E-state index in [0.717, 1.165) is 90.7 Å². The molecule has 1 heterocycles. The van der Waals surface area contributed by atoms with Crippen LogP contribution in [0.3, 0.4) is 0 Å². The quantitative estimate of drug-likeness (QED) is 0.147. The topological polar surface area (TPSA) is 64.1 Å². The number of nitrogens with one attached hydrogen (secondary N) is 2. The maximum atomic E-state index is 6.00. The summed E-state index contributed by atoms with van der Waals surface area (Å²) < 4.78 is 17.2. The van der Waals surface area contributed by atoms with E-state index in [1.807, 2.05) is 0 Å². The van der Waals surface area contributed by atoms with Crippen molar-refractivity contribution in [3.05, 3.63) is 0 Å². The first kappa shape index (κ1) is 27.9. The molecule has 0 aromatic carbocycles. The van der Waals surface area contributed by atoms with Gasteiger partial charge in [-0.25, -0.2) is 0 Å². The molecule has 6 nitrogen and oxygen atoms in total. The van der Waals surface area contributed by atoms with Gasteiger partial charge in [0.15, 0.2) is 5.96 Å². The molecule has 1 saturated heterocycles. The number of ether oxygens (including phenoxy) is 3. The van der Waals surface area contributed by atoms with Gasteiger partial charge < -0.3 is 24.8 Å². The van der Waals surface area contributed by atoms with Gasteiger partial charge in [0.2, 0.25) is 0 Å². The van der Waals surface area contributed by atoms with Gasteiger partial charge in [-0.2, -0.15) is 0 Å². The zero-order valence-electron chi connectivity index (χ0n) is 19.2. The van der Waals surface area contributed by atoms with Crippen molar-refractivity contribution in [1.82, 2.24) is 10.6 Å². The van der Waals surface area contributed by atoms with Gasteiger partial charge in [0.05, 0.1) is 6.10 Å². The Balaban J connectivity index is 0.00000450. The summed E-state index contributed by atoms with van der Waals surface area (Å²) in [4.78, 5) is 4.66. The highest BCUT2D eigenvalue weighted by atomic mass is 127. The first-order valence-electron chi connectivity index (χ1n) is 12.2. The average Bonchev–Trinajstić information content (AvgIpc) is 2.76. The molecule has 2 fully saturated rings. The SMILES string of the molecule is CCNC(=NCCCOCC1CCOCC1)NCCCCCOC1CCCCC1.I. The Bertz CT molecular complexity index is 414. The number of hydrogen-bond donors (Lipinski definition) is 2. The van der Waals surface area contributed by atoms with Crippen LogP contribution in [0.5, 0.6) is 0 Å². The maximum absolute atomic E-state index is 6.00. The maximum Gasteiger partial charge on any atom is 0.191 e. The number of nitrogens with zero attached hydrogens (tertiary/aromatic N) is 1. The molecule has 0 amide bonds. The highest BCUT2D eigenvalue weighted by molar-refractivity contribution is 14.0. The number of unbranched alkanes of at least 4 members (excludes halogenated alkanes) is 2. The first-order valence-corrected chi connectivity index (χ1v) is 12.2. The molecule has 0 radical (unpaired) electrons. The Hall–Kier alpha value is -0.120. The van der Waals surface area contributed by atoms with E-state index < -0.39 is 0 Å². The van der Waals surface area contributed by atoms with Crippen LogP contribution < -0.4 is 10.6 Å². The molecule has 0 bridgehead atoms. The van der Waals surface area contributed by atoms with Crippen LogP contribution in [-0.4, -0.2) is 64.7 Å². The van der Waals surface area contributed by atoms with Gasteiger partial charge in [-0.15, -0.1) is 24.0 Å². The Morgan fingerprint density at radius 3 is 2.50 bits per heavy atom. The van der Waals surface area contributed by atoms with Crippen LogP contribution in [0, 0.1) is 5.92 Å². The van der Waals surface area contributed by atoms with Gasteiger partial charge in [-0.05, 0) is 64.2 Å². The number of halogens is 1. The highest BCUT2D eigenvalue weighted by Crippen LogP contribution is 2.20. The van der Waals surface area contributed by atoms with Crippen molar-refractivity contribution >= 4 is 29.9 Å². The van der Waals surface area contributed by atoms with E-state index in [2.05, 4.69) is 22.5 Å². The van der Waals surface area contributed by atoms with Gasteiger partial charge in [0.1, 0.15) is 0 Å². The Kier molecular flexibility index (Phi) is 18.2. The highest BCUT2D eigenvalue weighted by Gasteiger charge is 2.14. The number of rotatable bonds is 14. The van der Waals surface area contributed by atoms with Crippen molar-refractivity contribution in [1.29, 1.82) is 0 Å². The predicted molar refractivity (Wildman–Crippen MR) is 135 cm³/mol. The van der Waals surface area contributed by atoms with Crippen molar-refractivity contribution in [3.8, 4) is 0 Å². The summed E-state index contributed by atoms with van der Waals surface area (Å²) in [7, 11) is 0. The number of guanidine groups is 1. The molecule has 1 aliphatic carbocycles. The Morgan fingerprint density at radius 2 is 1.73 bits per heavy atom. The van der Waals surface area contributed by atoms with Gasteiger partial charge in [-0.3, -0.25) is 4.99 Å². The molecule has 178 valence electrons. The van der Waals surface area contributed by atoms with Crippen LogP contribution in [0.15, 0.2) is 4.99 Å². The smallest absolute Gasteiger partial charge is 0.191 e.